The summed E-state index contributed by atoms with van der Waals surface area (Å²) in [4.78, 5) is 25.6. The molecule has 0 bridgehead atoms. The van der Waals surface area contributed by atoms with E-state index in [4.69, 9.17) is 14.6 Å². The predicted molar refractivity (Wildman–Crippen MR) is 117 cm³/mol. The van der Waals surface area contributed by atoms with Crippen molar-refractivity contribution in [2.45, 2.75) is 94.4 Å². The molecule has 29 heavy (non-hydrogen) atoms. The van der Waals surface area contributed by atoms with E-state index in [9.17, 15) is 9.59 Å². The summed E-state index contributed by atoms with van der Waals surface area (Å²) in [5.74, 6) is -0.975. The first-order valence-corrected chi connectivity index (χ1v) is 11.2. The molecular formula is C24H46O5. The summed E-state index contributed by atoms with van der Waals surface area (Å²) in [5, 5.41) is 9.01. The monoisotopic (exact) mass is 414 g/mol. The molecule has 0 aliphatic rings. The fourth-order valence-electron chi connectivity index (χ4n) is 3.71. The van der Waals surface area contributed by atoms with Crippen molar-refractivity contribution in [1.29, 1.82) is 0 Å². The number of aliphatic hydroxyl groups excluding tert-OH is 1. The summed E-state index contributed by atoms with van der Waals surface area (Å²) in [7, 11) is 0. The van der Waals surface area contributed by atoms with Gasteiger partial charge in [0.1, 0.15) is 6.61 Å². The predicted octanol–water partition coefficient (Wildman–Crippen LogP) is 5.39. The topological polar surface area (TPSA) is 72.8 Å². The lowest BCUT2D eigenvalue weighted by Crippen LogP contribution is -2.46. The van der Waals surface area contributed by atoms with Gasteiger partial charge in [-0.1, -0.05) is 75.2 Å². The van der Waals surface area contributed by atoms with E-state index in [1.54, 1.807) is 0 Å². The number of rotatable bonds is 13. The van der Waals surface area contributed by atoms with Crippen LogP contribution in [0, 0.1) is 28.1 Å². The molecule has 0 radical (unpaired) electrons. The van der Waals surface area contributed by atoms with E-state index in [2.05, 4.69) is 41.5 Å². The van der Waals surface area contributed by atoms with E-state index in [0.29, 0.717) is 13.0 Å². The quantitative estimate of drug-likeness (QED) is 0.323. The number of carbonyl (C=O) groups excluding carboxylic acids is 2. The van der Waals surface area contributed by atoms with Gasteiger partial charge in [-0.3, -0.25) is 9.59 Å². The first kappa shape index (κ1) is 27.9. The third kappa shape index (κ3) is 8.27. The van der Waals surface area contributed by atoms with Crippen molar-refractivity contribution in [3.63, 3.8) is 0 Å². The van der Waals surface area contributed by atoms with Crippen LogP contribution in [0.1, 0.15) is 94.4 Å². The minimum absolute atomic E-state index is 0.0114. The van der Waals surface area contributed by atoms with Gasteiger partial charge in [0.05, 0.1) is 25.0 Å². The maximum Gasteiger partial charge on any atom is 0.309 e. The van der Waals surface area contributed by atoms with Crippen molar-refractivity contribution in [3.05, 3.63) is 0 Å². The fraction of sp³-hybridized carbons (Fsp3) is 0.917. The molecule has 0 amide bonds. The van der Waals surface area contributed by atoms with E-state index < -0.39 is 0 Å². The van der Waals surface area contributed by atoms with E-state index in [1.165, 1.54) is 0 Å². The zero-order valence-electron chi connectivity index (χ0n) is 20.4. The van der Waals surface area contributed by atoms with Crippen LogP contribution < -0.4 is 0 Å². The molecule has 0 aromatic carbocycles. The largest absolute Gasteiger partial charge is 0.465 e. The number of unbranched alkanes of at least 4 members (excludes halogenated alkanes) is 1. The summed E-state index contributed by atoms with van der Waals surface area (Å²) in [5.41, 5.74) is -0.971. The number of aliphatic hydroxyl groups is 1. The van der Waals surface area contributed by atoms with Crippen LogP contribution in [-0.4, -0.2) is 36.9 Å². The maximum absolute atomic E-state index is 12.9. The molecule has 2 atom stereocenters. The van der Waals surface area contributed by atoms with Gasteiger partial charge in [-0.15, -0.1) is 0 Å². The van der Waals surface area contributed by atoms with Crippen LogP contribution in [0.3, 0.4) is 0 Å². The van der Waals surface area contributed by atoms with Gasteiger partial charge < -0.3 is 14.6 Å². The molecule has 0 saturated heterocycles. The van der Waals surface area contributed by atoms with Crippen LogP contribution in [-0.2, 0) is 19.1 Å². The SMILES string of the molecule is CCCCOC(=O)C(CCC)C(C)(C)C(C)(C)CC(C(=O)OCCO)C(C)(C)C. The zero-order valence-corrected chi connectivity index (χ0v) is 20.4. The molecule has 1 N–H and O–H groups in total. The first-order chi connectivity index (χ1) is 13.3. The molecule has 0 spiro atoms. The maximum atomic E-state index is 12.9. The molecule has 0 aromatic heterocycles. The molecule has 0 aliphatic heterocycles. The van der Waals surface area contributed by atoms with Gasteiger partial charge in [0, 0.05) is 0 Å². The smallest absolute Gasteiger partial charge is 0.309 e. The molecule has 172 valence electrons. The fourth-order valence-corrected chi connectivity index (χ4v) is 3.71. The summed E-state index contributed by atoms with van der Waals surface area (Å²) >= 11 is 0. The third-order valence-corrected chi connectivity index (χ3v) is 6.60. The molecule has 0 aromatic rings. The number of hydrogen-bond donors (Lipinski definition) is 1. The highest BCUT2D eigenvalue weighted by atomic mass is 16.5. The Morgan fingerprint density at radius 2 is 1.34 bits per heavy atom. The molecule has 0 aliphatic carbocycles. The van der Waals surface area contributed by atoms with Crippen LogP contribution in [0.25, 0.3) is 0 Å². The van der Waals surface area contributed by atoms with E-state index >= 15 is 0 Å². The van der Waals surface area contributed by atoms with Crippen molar-refractivity contribution >= 4 is 11.9 Å². The van der Waals surface area contributed by atoms with Crippen LogP contribution in [0.5, 0.6) is 0 Å². The number of carbonyl (C=O) groups is 2. The molecule has 2 unspecified atom stereocenters. The standard InChI is InChI=1S/C24H46O5/c1-10-12-15-28-20(26)18(13-11-2)24(8,9)23(6,7)17-19(22(3,4)5)21(27)29-16-14-25/h18-19,25H,10-17H2,1-9H3. The Balaban J connectivity index is 5.67. The third-order valence-electron chi connectivity index (χ3n) is 6.60. The lowest BCUT2D eigenvalue weighted by Gasteiger charge is -2.48. The zero-order chi connectivity index (χ0) is 22.9. The van der Waals surface area contributed by atoms with E-state index in [-0.39, 0.29) is 53.2 Å². The van der Waals surface area contributed by atoms with Gasteiger partial charge in [0.15, 0.2) is 0 Å². The van der Waals surface area contributed by atoms with E-state index in [1.807, 2.05) is 20.8 Å². The van der Waals surface area contributed by atoms with Crippen LogP contribution in [0.2, 0.25) is 0 Å². The van der Waals surface area contributed by atoms with Gasteiger partial charge in [0.2, 0.25) is 0 Å². The van der Waals surface area contributed by atoms with E-state index in [0.717, 1.165) is 25.7 Å². The highest BCUT2D eigenvalue weighted by molar-refractivity contribution is 5.74. The Kier molecular flexibility index (Phi) is 11.5. The minimum atomic E-state index is -0.368. The second-order valence-corrected chi connectivity index (χ2v) is 10.5. The molecule has 0 rings (SSSR count). The van der Waals surface area contributed by atoms with Crippen molar-refractivity contribution < 1.29 is 24.2 Å². The lowest BCUT2D eigenvalue weighted by atomic mass is 9.56. The molecule has 5 nitrogen and oxygen atoms in total. The second-order valence-electron chi connectivity index (χ2n) is 10.5. The highest BCUT2D eigenvalue weighted by Crippen LogP contribution is 2.52. The molecule has 0 heterocycles. The lowest BCUT2D eigenvalue weighted by molar-refractivity contribution is -0.161. The van der Waals surface area contributed by atoms with Crippen molar-refractivity contribution in [3.8, 4) is 0 Å². The van der Waals surface area contributed by atoms with Crippen LogP contribution in [0.4, 0.5) is 0 Å². The summed E-state index contributed by atoms with van der Waals surface area (Å²) < 4.78 is 10.9. The Morgan fingerprint density at radius 3 is 1.79 bits per heavy atom. The van der Waals surface area contributed by atoms with Crippen LogP contribution >= 0.6 is 0 Å². The number of hydrogen-bond acceptors (Lipinski definition) is 5. The van der Waals surface area contributed by atoms with Crippen molar-refractivity contribution in [2.24, 2.45) is 28.1 Å². The van der Waals surface area contributed by atoms with Crippen molar-refractivity contribution in [2.75, 3.05) is 19.8 Å². The van der Waals surface area contributed by atoms with Crippen molar-refractivity contribution in [1.82, 2.24) is 0 Å². The average molecular weight is 415 g/mol. The summed E-state index contributed by atoms with van der Waals surface area (Å²) in [6.45, 7) is 19.0. The Hall–Kier alpha value is -1.10. The summed E-state index contributed by atoms with van der Waals surface area (Å²) in [6, 6.07) is 0. The average Bonchev–Trinajstić information content (AvgIpc) is 2.61. The highest BCUT2D eigenvalue weighted by Gasteiger charge is 2.49. The van der Waals surface area contributed by atoms with Gasteiger partial charge in [-0.25, -0.2) is 0 Å². The Labute approximate surface area is 178 Å². The number of ether oxygens (including phenoxy) is 2. The Bertz CT molecular complexity index is 502. The molecule has 0 saturated carbocycles. The Morgan fingerprint density at radius 1 is 0.828 bits per heavy atom. The van der Waals surface area contributed by atoms with Gasteiger partial charge in [-0.2, -0.15) is 0 Å². The number of esters is 2. The summed E-state index contributed by atoms with van der Waals surface area (Å²) in [6.07, 6.45) is 4.11. The van der Waals surface area contributed by atoms with Gasteiger partial charge >= 0.3 is 11.9 Å². The van der Waals surface area contributed by atoms with Crippen LogP contribution in [0.15, 0.2) is 0 Å². The first-order valence-electron chi connectivity index (χ1n) is 11.2. The molecule has 5 heteroatoms. The van der Waals surface area contributed by atoms with Gasteiger partial charge in [0.25, 0.3) is 0 Å². The normalized spacial score (nSPS) is 15.0. The minimum Gasteiger partial charge on any atom is -0.465 e. The molecular weight excluding hydrogens is 368 g/mol. The second kappa shape index (κ2) is 11.9. The van der Waals surface area contributed by atoms with Gasteiger partial charge in [-0.05, 0) is 35.5 Å². The molecule has 0 fully saturated rings.